The van der Waals surface area contributed by atoms with Gasteiger partial charge >= 0.3 is 0 Å². The fourth-order valence-electron chi connectivity index (χ4n) is 2.80. The molecule has 0 saturated heterocycles. The molecule has 0 spiro atoms. The second-order valence-electron chi connectivity index (χ2n) is 5.82. The Balaban J connectivity index is 2.06. The smallest absolute Gasteiger partial charge is 0.276 e. The molecule has 0 fully saturated rings. The van der Waals surface area contributed by atoms with Gasteiger partial charge in [-0.25, -0.2) is 14.4 Å². The maximum absolute atomic E-state index is 14.2. The Bertz CT molecular complexity index is 1180. The average Bonchev–Trinajstić information content (AvgIpc) is 2.95. The second-order valence-corrected chi connectivity index (χ2v) is 6.81. The maximum Gasteiger partial charge on any atom is 0.276 e. The lowest BCUT2D eigenvalue weighted by molar-refractivity contribution is 0.617. The van der Waals surface area contributed by atoms with Crippen LogP contribution in [-0.4, -0.2) is 36.5 Å². The predicted molar refractivity (Wildman–Crippen MR) is 100 cm³/mol. The van der Waals surface area contributed by atoms with Crippen LogP contribution in [0.5, 0.6) is 0 Å². The van der Waals surface area contributed by atoms with Gasteiger partial charge in [0.05, 0.1) is 22.3 Å². The number of pyridine rings is 1. The van der Waals surface area contributed by atoms with Crippen LogP contribution in [0.2, 0.25) is 0 Å². The zero-order valence-corrected chi connectivity index (χ0v) is 14.3. The molecule has 0 unspecified atom stereocenters. The number of anilines is 1. The molecule has 0 aliphatic heterocycles. The van der Waals surface area contributed by atoms with Crippen molar-refractivity contribution >= 4 is 50.8 Å². The summed E-state index contributed by atoms with van der Waals surface area (Å²) in [5.74, 6) is -0.573. The summed E-state index contributed by atoms with van der Waals surface area (Å²) in [6, 6.07) is 6.08. The summed E-state index contributed by atoms with van der Waals surface area (Å²) in [5.41, 5.74) is 1.59. The number of benzene rings is 1. The van der Waals surface area contributed by atoms with Gasteiger partial charge in [-0.1, -0.05) is 11.5 Å². The molecule has 2 radical (unpaired) electrons. The van der Waals surface area contributed by atoms with E-state index in [0.29, 0.717) is 15.7 Å². The van der Waals surface area contributed by atoms with E-state index in [0.717, 1.165) is 15.9 Å². The summed E-state index contributed by atoms with van der Waals surface area (Å²) >= 11 is 1.26. The van der Waals surface area contributed by atoms with Crippen molar-refractivity contribution in [1.29, 1.82) is 0 Å². The van der Waals surface area contributed by atoms with E-state index in [1.54, 1.807) is 12.3 Å². The number of thiophene rings is 1. The van der Waals surface area contributed by atoms with E-state index in [-0.39, 0.29) is 11.2 Å². The van der Waals surface area contributed by atoms with Crippen molar-refractivity contribution in [2.24, 2.45) is 0 Å². The van der Waals surface area contributed by atoms with E-state index in [1.807, 2.05) is 25.1 Å². The first-order chi connectivity index (χ1) is 12.0. The van der Waals surface area contributed by atoms with Crippen LogP contribution in [0.25, 0.3) is 26.1 Å². The Morgan fingerprint density at radius 3 is 2.76 bits per heavy atom. The van der Waals surface area contributed by atoms with E-state index in [2.05, 4.69) is 9.97 Å². The minimum absolute atomic E-state index is 0.117. The van der Waals surface area contributed by atoms with E-state index in [1.165, 1.54) is 34.4 Å². The zero-order chi connectivity index (χ0) is 17.7. The van der Waals surface area contributed by atoms with E-state index < -0.39 is 5.82 Å². The number of halogens is 1. The molecule has 4 rings (SSSR count). The van der Waals surface area contributed by atoms with Crippen LogP contribution in [0, 0.1) is 5.82 Å². The first-order valence-corrected chi connectivity index (χ1v) is 8.30. The second kappa shape index (κ2) is 5.66. The SMILES string of the molecule is [B]c1ccc(-n2cnc3c(sc4nccc(N(C)C)c43)c2=O)c(F)c1. The standard InChI is InChI=1S/C17H12BFN4OS/c1-22(2)12-5-6-20-16-13(12)14-15(25-16)17(24)23(8-21-14)11-4-3-9(18)7-10(11)19/h3-8H,1-2H3. The molecule has 0 aliphatic rings. The molecule has 4 aromatic rings. The quantitative estimate of drug-likeness (QED) is 0.519. The normalized spacial score (nSPS) is 11.3. The monoisotopic (exact) mass is 350 g/mol. The number of aromatic nitrogens is 3. The third-order valence-electron chi connectivity index (χ3n) is 3.97. The van der Waals surface area contributed by atoms with Crippen LogP contribution in [-0.2, 0) is 0 Å². The lowest BCUT2D eigenvalue weighted by Gasteiger charge is -2.13. The number of hydrogen-bond donors (Lipinski definition) is 0. The molecule has 0 aliphatic carbocycles. The predicted octanol–water partition coefficient (Wildman–Crippen LogP) is 1.99. The first kappa shape index (κ1) is 15.8. The molecule has 8 heteroatoms. The van der Waals surface area contributed by atoms with E-state index in [9.17, 15) is 9.18 Å². The van der Waals surface area contributed by atoms with Crippen molar-refractivity contribution in [2.75, 3.05) is 19.0 Å². The lowest BCUT2D eigenvalue weighted by Crippen LogP contribution is -2.20. The topological polar surface area (TPSA) is 51.0 Å². The minimum atomic E-state index is -0.573. The largest absolute Gasteiger partial charge is 0.377 e. The van der Waals surface area contributed by atoms with Gasteiger partial charge in [-0.3, -0.25) is 9.36 Å². The molecular weight excluding hydrogens is 338 g/mol. The Morgan fingerprint density at radius 2 is 2.04 bits per heavy atom. The van der Waals surface area contributed by atoms with Crippen molar-refractivity contribution < 1.29 is 4.39 Å². The van der Waals surface area contributed by atoms with Crippen molar-refractivity contribution in [3.8, 4) is 5.69 Å². The zero-order valence-electron chi connectivity index (χ0n) is 13.5. The molecule has 0 saturated carbocycles. The third kappa shape index (κ3) is 2.41. The van der Waals surface area contributed by atoms with Crippen molar-refractivity contribution in [3.05, 3.63) is 53.0 Å². The average molecular weight is 350 g/mol. The van der Waals surface area contributed by atoms with Gasteiger partial charge in [0.2, 0.25) is 0 Å². The highest BCUT2D eigenvalue weighted by molar-refractivity contribution is 7.25. The van der Waals surface area contributed by atoms with Gasteiger partial charge in [-0.15, -0.1) is 11.3 Å². The fourth-order valence-corrected chi connectivity index (χ4v) is 3.85. The van der Waals surface area contributed by atoms with Crippen molar-refractivity contribution in [3.63, 3.8) is 0 Å². The van der Waals surface area contributed by atoms with Gasteiger partial charge in [0.1, 0.15) is 29.5 Å². The van der Waals surface area contributed by atoms with Crippen LogP contribution in [0.4, 0.5) is 10.1 Å². The molecule has 25 heavy (non-hydrogen) atoms. The number of fused-ring (bicyclic) bond motifs is 3. The van der Waals surface area contributed by atoms with Gasteiger partial charge in [-0.05, 0) is 18.2 Å². The van der Waals surface area contributed by atoms with Gasteiger partial charge in [0.15, 0.2) is 0 Å². The summed E-state index contributed by atoms with van der Waals surface area (Å²) in [6.07, 6.45) is 3.04. The molecular formula is C17H12BFN4OS. The highest BCUT2D eigenvalue weighted by Crippen LogP contribution is 2.35. The van der Waals surface area contributed by atoms with Crippen LogP contribution < -0.4 is 15.9 Å². The number of nitrogens with zero attached hydrogens (tertiary/aromatic N) is 4. The van der Waals surface area contributed by atoms with Gasteiger partial charge in [-0.2, -0.15) is 0 Å². The Kier molecular flexibility index (Phi) is 3.57. The molecule has 0 atom stereocenters. The van der Waals surface area contributed by atoms with Crippen LogP contribution in [0.3, 0.4) is 0 Å². The van der Waals surface area contributed by atoms with Gasteiger partial charge < -0.3 is 4.90 Å². The Hall–Kier alpha value is -2.74. The number of rotatable bonds is 2. The molecule has 3 heterocycles. The van der Waals surface area contributed by atoms with Crippen molar-refractivity contribution in [2.45, 2.75) is 0 Å². The minimum Gasteiger partial charge on any atom is -0.377 e. The summed E-state index contributed by atoms with van der Waals surface area (Å²) in [6.45, 7) is 0. The molecule has 0 bridgehead atoms. The highest BCUT2D eigenvalue weighted by Gasteiger charge is 2.17. The Morgan fingerprint density at radius 1 is 1.24 bits per heavy atom. The molecule has 0 amide bonds. The maximum atomic E-state index is 14.2. The Labute approximate surface area is 147 Å². The fraction of sp³-hybridized carbons (Fsp3) is 0.118. The first-order valence-electron chi connectivity index (χ1n) is 7.49. The summed E-state index contributed by atoms with van der Waals surface area (Å²) in [4.78, 5) is 24.4. The third-order valence-corrected chi connectivity index (χ3v) is 5.05. The molecule has 122 valence electrons. The van der Waals surface area contributed by atoms with E-state index in [4.69, 9.17) is 7.85 Å². The van der Waals surface area contributed by atoms with Crippen LogP contribution in [0.1, 0.15) is 0 Å². The molecule has 3 aromatic heterocycles. The summed E-state index contributed by atoms with van der Waals surface area (Å²) in [7, 11) is 9.42. The molecule has 5 nitrogen and oxygen atoms in total. The number of hydrogen-bond acceptors (Lipinski definition) is 5. The summed E-state index contributed by atoms with van der Waals surface area (Å²) < 4.78 is 15.8. The van der Waals surface area contributed by atoms with Crippen LogP contribution in [0.15, 0.2) is 41.6 Å². The summed E-state index contributed by atoms with van der Waals surface area (Å²) in [5, 5.41) is 0.828. The van der Waals surface area contributed by atoms with Gasteiger partial charge in [0.25, 0.3) is 5.56 Å². The van der Waals surface area contributed by atoms with Gasteiger partial charge in [0, 0.05) is 20.3 Å². The van der Waals surface area contributed by atoms with E-state index >= 15 is 0 Å². The highest BCUT2D eigenvalue weighted by atomic mass is 32.1. The lowest BCUT2D eigenvalue weighted by atomic mass is 9.96. The molecule has 0 N–H and O–H groups in total. The van der Waals surface area contributed by atoms with Crippen molar-refractivity contribution in [1.82, 2.24) is 14.5 Å². The van der Waals surface area contributed by atoms with Crippen LogP contribution >= 0.6 is 11.3 Å². The molecule has 1 aromatic carbocycles.